The lowest BCUT2D eigenvalue weighted by atomic mass is 10.1. The second-order valence-electron chi connectivity index (χ2n) is 7.47. The lowest BCUT2D eigenvalue weighted by Crippen LogP contribution is -2.29. The average Bonchev–Trinajstić information content (AvgIpc) is 3.40. The summed E-state index contributed by atoms with van der Waals surface area (Å²) in [5.74, 6) is -0.406. The molecule has 10 nitrogen and oxygen atoms in total. The zero-order valence-corrected chi connectivity index (χ0v) is 18.2. The first kappa shape index (κ1) is 20.6. The second kappa shape index (κ2) is 7.41. The molecule has 0 radical (unpaired) electrons. The molecule has 11 heteroatoms. The third kappa shape index (κ3) is 3.78. The summed E-state index contributed by atoms with van der Waals surface area (Å²) in [6, 6.07) is 14.8. The summed E-state index contributed by atoms with van der Waals surface area (Å²) >= 11 is 0. The molecule has 3 heterocycles. The maximum Gasteiger partial charge on any atom is 0.346 e. The van der Waals surface area contributed by atoms with Crippen LogP contribution >= 0.6 is 0 Å². The number of sulfonamides is 1. The van der Waals surface area contributed by atoms with Gasteiger partial charge in [0.15, 0.2) is 0 Å². The monoisotopic (exact) mass is 464 g/mol. The van der Waals surface area contributed by atoms with Crippen molar-refractivity contribution in [1.82, 2.24) is 19.3 Å². The Morgan fingerprint density at radius 3 is 2.42 bits per heavy atom. The molecule has 0 fully saturated rings. The van der Waals surface area contributed by atoms with Crippen LogP contribution in [0.15, 0.2) is 68.2 Å². The molecule has 0 bridgehead atoms. The van der Waals surface area contributed by atoms with Crippen LogP contribution in [0.5, 0.6) is 0 Å². The van der Waals surface area contributed by atoms with Crippen molar-refractivity contribution in [3.63, 3.8) is 0 Å². The van der Waals surface area contributed by atoms with Gasteiger partial charge in [-0.1, -0.05) is 6.07 Å². The Morgan fingerprint density at radius 2 is 1.70 bits per heavy atom. The quantitative estimate of drug-likeness (QED) is 0.429. The van der Waals surface area contributed by atoms with E-state index in [4.69, 9.17) is 8.83 Å². The highest BCUT2D eigenvalue weighted by molar-refractivity contribution is 7.89. The highest BCUT2D eigenvalue weighted by atomic mass is 32.2. The van der Waals surface area contributed by atoms with Crippen LogP contribution in [0.3, 0.4) is 0 Å². The van der Waals surface area contributed by atoms with E-state index in [2.05, 4.69) is 10.2 Å². The highest BCUT2D eigenvalue weighted by Crippen LogP contribution is 2.27. The zero-order chi connectivity index (χ0) is 23.3. The molecule has 0 saturated carbocycles. The molecule has 1 amide bonds. The number of amides is 1. The summed E-state index contributed by atoms with van der Waals surface area (Å²) in [4.78, 5) is 24.5. The zero-order valence-electron chi connectivity index (χ0n) is 17.4. The number of nitrogens with one attached hydrogen (secondary N) is 1. The molecule has 0 aliphatic rings. The van der Waals surface area contributed by atoms with E-state index in [1.807, 2.05) is 22.1 Å². The van der Waals surface area contributed by atoms with Crippen LogP contribution in [-0.2, 0) is 10.0 Å². The third-order valence-electron chi connectivity index (χ3n) is 5.02. The topological polar surface area (TPSA) is 137 Å². The molecule has 0 saturated heterocycles. The predicted octanol–water partition coefficient (Wildman–Crippen LogP) is 2.76. The fraction of sp³-hybridized carbons (Fsp3) is 0.0909. The van der Waals surface area contributed by atoms with Crippen LogP contribution in [0.2, 0.25) is 0 Å². The van der Waals surface area contributed by atoms with Gasteiger partial charge in [0.2, 0.25) is 27.5 Å². The van der Waals surface area contributed by atoms with Gasteiger partial charge in [-0.2, -0.15) is 0 Å². The molecule has 5 rings (SSSR count). The Balaban J connectivity index is 1.55. The Labute approximate surface area is 186 Å². The van der Waals surface area contributed by atoms with E-state index in [-0.39, 0.29) is 17.3 Å². The van der Waals surface area contributed by atoms with Crippen molar-refractivity contribution in [3.05, 3.63) is 76.3 Å². The van der Waals surface area contributed by atoms with Crippen molar-refractivity contribution >= 4 is 32.5 Å². The van der Waals surface area contributed by atoms with Crippen molar-refractivity contribution in [2.45, 2.75) is 6.92 Å². The molecule has 2 aromatic carbocycles. The number of carbonyl (C=O) groups is 1. The van der Waals surface area contributed by atoms with Gasteiger partial charge in [-0.05, 0) is 49.4 Å². The van der Waals surface area contributed by atoms with Gasteiger partial charge in [0.25, 0.3) is 5.91 Å². The van der Waals surface area contributed by atoms with E-state index in [1.54, 1.807) is 36.4 Å². The van der Waals surface area contributed by atoms with Crippen LogP contribution in [0.4, 0.5) is 0 Å². The highest BCUT2D eigenvalue weighted by Gasteiger charge is 2.16. The van der Waals surface area contributed by atoms with Gasteiger partial charge in [0, 0.05) is 28.5 Å². The minimum Gasteiger partial charge on any atom is -0.416 e. The fourth-order valence-corrected chi connectivity index (χ4v) is 4.01. The van der Waals surface area contributed by atoms with Gasteiger partial charge >= 0.3 is 5.63 Å². The first-order chi connectivity index (χ1) is 15.7. The Morgan fingerprint density at radius 1 is 0.970 bits per heavy atom. The van der Waals surface area contributed by atoms with Crippen LogP contribution in [0.25, 0.3) is 39.5 Å². The SMILES string of the molecule is Cc1ccc2oc(=O)c3ccc(-c4nnc(-c5cccc(C(=O)NS(C)(=O)=O)c5)o4)cc3n12. The van der Waals surface area contributed by atoms with Crippen molar-refractivity contribution in [2.75, 3.05) is 6.26 Å². The number of aromatic nitrogens is 3. The number of carbonyl (C=O) groups excluding carboxylic acids is 1. The van der Waals surface area contributed by atoms with Crippen LogP contribution in [0, 0.1) is 6.92 Å². The fourth-order valence-electron chi connectivity index (χ4n) is 3.55. The summed E-state index contributed by atoms with van der Waals surface area (Å²) in [5.41, 5.74) is 2.68. The van der Waals surface area contributed by atoms with E-state index in [0.29, 0.717) is 27.7 Å². The average molecular weight is 464 g/mol. The molecule has 0 aliphatic carbocycles. The number of rotatable bonds is 4. The smallest absolute Gasteiger partial charge is 0.346 e. The first-order valence-corrected chi connectivity index (χ1v) is 11.6. The number of nitrogens with zero attached hydrogens (tertiary/aromatic N) is 3. The van der Waals surface area contributed by atoms with Gasteiger partial charge in [-0.15, -0.1) is 10.2 Å². The summed E-state index contributed by atoms with van der Waals surface area (Å²) < 4.78 is 37.6. The van der Waals surface area contributed by atoms with Gasteiger partial charge in [-0.25, -0.2) is 17.9 Å². The van der Waals surface area contributed by atoms with Crippen molar-refractivity contribution in [1.29, 1.82) is 0 Å². The van der Waals surface area contributed by atoms with E-state index < -0.39 is 21.6 Å². The molecule has 0 atom stereocenters. The molecule has 166 valence electrons. The van der Waals surface area contributed by atoms with E-state index in [9.17, 15) is 18.0 Å². The third-order valence-corrected chi connectivity index (χ3v) is 5.57. The lowest BCUT2D eigenvalue weighted by Gasteiger charge is -2.05. The predicted molar refractivity (Wildman–Crippen MR) is 119 cm³/mol. The molecular weight excluding hydrogens is 448 g/mol. The number of benzene rings is 2. The minimum atomic E-state index is -3.70. The largest absolute Gasteiger partial charge is 0.416 e. The van der Waals surface area contributed by atoms with Crippen molar-refractivity contribution in [2.24, 2.45) is 0 Å². The van der Waals surface area contributed by atoms with Crippen LogP contribution in [-0.4, -0.2) is 35.2 Å². The Hall–Kier alpha value is -4.25. The van der Waals surface area contributed by atoms with Crippen molar-refractivity contribution < 1.29 is 22.0 Å². The van der Waals surface area contributed by atoms with Gasteiger partial charge in [0.05, 0.1) is 17.2 Å². The number of aryl methyl sites for hydroxylation is 1. The molecule has 5 aromatic rings. The second-order valence-corrected chi connectivity index (χ2v) is 9.21. The standard InChI is InChI=1S/C22H16N4O6S/c1-12-6-9-18-26(12)17-11-15(7-8-16(17)22(28)31-18)21-24-23-20(32-21)14-5-3-4-13(10-14)19(27)25-33(2,29)30/h3-11H,1-2H3,(H,25,27). The molecule has 3 aromatic heterocycles. The molecule has 1 N–H and O–H groups in total. The summed E-state index contributed by atoms with van der Waals surface area (Å²) in [6.45, 7) is 1.90. The first-order valence-electron chi connectivity index (χ1n) is 9.71. The Kier molecular flexibility index (Phi) is 4.64. The van der Waals surface area contributed by atoms with Crippen LogP contribution < -0.4 is 10.3 Å². The van der Waals surface area contributed by atoms with Crippen LogP contribution in [0.1, 0.15) is 16.1 Å². The number of fused-ring (bicyclic) bond motifs is 3. The normalized spacial score (nSPS) is 11.8. The summed E-state index contributed by atoms with van der Waals surface area (Å²) in [7, 11) is -3.70. The van der Waals surface area contributed by atoms with Gasteiger partial charge in [-0.3, -0.25) is 9.20 Å². The molecule has 33 heavy (non-hydrogen) atoms. The summed E-state index contributed by atoms with van der Waals surface area (Å²) in [6.07, 6.45) is 0.898. The molecule has 0 unspecified atom stereocenters. The number of hydrogen-bond donors (Lipinski definition) is 1. The maximum atomic E-state index is 12.3. The van der Waals surface area contributed by atoms with Gasteiger partial charge in [0.1, 0.15) is 0 Å². The molecule has 0 spiro atoms. The Bertz CT molecular complexity index is 1730. The van der Waals surface area contributed by atoms with E-state index >= 15 is 0 Å². The molecule has 0 aliphatic heterocycles. The van der Waals surface area contributed by atoms with E-state index in [0.717, 1.165) is 11.9 Å². The van der Waals surface area contributed by atoms with E-state index in [1.165, 1.54) is 12.1 Å². The van der Waals surface area contributed by atoms with Gasteiger partial charge < -0.3 is 8.83 Å². The summed E-state index contributed by atoms with van der Waals surface area (Å²) in [5, 5.41) is 8.56. The minimum absolute atomic E-state index is 0.126. The maximum absolute atomic E-state index is 12.3. The lowest BCUT2D eigenvalue weighted by molar-refractivity contribution is 0.0981. The molecular formula is C22H16N4O6S. The van der Waals surface area contributed by atoms with Crippen molar-refractivity contribution in [3.8, 4) is 22.9 Å². The number of hydrogen-bond acceptors (Lipinski definition) is 8.